The summed E-state index contributed by atoms with van der Waals surface area (Å²) in [6.45, 7) is 3.10. The molecule has 0 saturated carbocycles. The Bertz CT molecular complexity index is 911. The molecule has 1 aliphatic rings. The fourth-order valence-electron chi connectivity index (χ4n) is 3.58. The topological polar surface area (TPSA) is 34.6 Å². The van der Waals surface area contributed by atoms with Gasteiger partial charge < -0.3 is 9.47 Å². The molecule has 2 heterocycles. The molecule has 29 heavy (non-hydrogen) atoms. The minimum atomic E-state index is -0.201. The Labute approximate surface area is 170 Å². The van der Waals surface area contributed by atoms with E-state index in [0.29, 0.717) is 6.61 Å². The number of halogens is 1. The van der Waals surface area contributed by atoms with Crippen molar-refractivity contribution >= 4 is 0 Å². The van der Waals surface area contributed by atoms with Crippen molar-refractivity contribution in [3.05, 3.63) is 95.1 Å². The molecule has 0 spiro atoms. The molecule has 0 bridgehead atoms. The second-order valence-corrected chi connectivity index (χ2v) is 7.34. The number of nitrogens with zero attached hydrogens (tertiary/aromatic N) is 2. The van der Waals surface area contributed by atoms with Gasteiger partial charge in [-0.05, 0) is 53.4 Å². The van der Waals surface area contributed by atoms with Gasteiger partial charge in [0.05, 0.1) is 19.4 Å². The molecule has 150 valence electrons. The van der Waals surface area contributed by atoms with Gasteiger partial charge in [-0.3, -0.25) is 9.88 Å². The first kappa shape index (κ1) is 19.6. The van der Waals surface area contributed by atoms with Crippen LogP contribution in [0.4, 0.5) is 4.39 Å². The lowest BCUT2D eigenvalue weighted by Gasteiger charge is -2.32. The zero-order valence-electron chi connectivity index (χ0n) is 16.6. The Morgan fingerprint density at radius 2 is 1.72 bits per heavy atom. The zero-order valence-corrected chi connectivity index (χ0v) is 16.6. The van der Waals surface area contributed by atoms with Gasteiger partial charge in [-0.25, -0.2) is 4.39 Å². The average molecular weight is 392 g/mol. The first-order chi connectivity index (χ1) is 14.2. The maximum Gasteiger partial charge on any atom is 0.123 e. The van der Waals surface area contributed by atoms with E-state index in [2.05, 4.69) is 34.1 Å². The van der Waals surface area contributed by atoms with Crippen LogP contribution in [-0.4, -0.2) is 36.7 Å². The Hall–Kier alpha value is -2.76. The lowest BCUT2D eigenvalue weighted by atomic mass is 10.1. The maximum atomic E-state index is 13.1. The molecular weight excluding hydrogens is 367 g/mol. The molecule has 0 amide bonds. The van der Waals surface area contributed by atoms with E-state index in [4.69, 9.17) is 9.47 Å². The van der Waals surface area contributed by atoms with Crippen LogP contribution in [0.25, 0.3) is 0 Å². The average Bonchev–Trinajstić information content (AvgIpc) is 2.77. The van der Waals surface area contributed by atoms with Crippen molar-refractivity contribution in [3.8, 4) is 5.75 Å². The fourth-order valence-corrected chi connectivity index (χ4v) is 3.58. The van der Waals surface area contributed by atoms with E-state index in [1.54, 1.807) is 7.11 Å². The van der Waals surface area contributed by atoms with E-state index >= 15 is 0 Å². The maximum absolute atomic E-state index is 13.1. The minimum Gasteiger partial charge on any atom is -0.497 e. The highest BCUT2D eigenvalue weighted by Gasteiger charge is 2.23. The molecule has 0 N–H and O–H groups in total. The van der Waals surface area contributed by atoms with Crippen molar-refractivity contribution < 1.29 is 13.9 Å². The van der Waals surface area contributed by atoms with Crippen LogP contribution in [0.15, 0.2) is 66.9 Å². The van der Waals surface area contributed by atoms with Crippen LogP contribution >= 0.6 is 0 Å². The highest BCUT2D eigenvalue weighted by molar-refractivity contribution is 5.31. The van der Waals surface area contributed by atoms with E-state index in [1.165, 1.54) is 17.7 Å². The predicted molar refractivity (Wildman–Crippen MR) is 110 cm³/mol. The SMILES string of the molecule is COc1ccc(Cc2ccc([C@@H]3CN(Cc4ccc(F)cc4)CCO3)nc2)cc1. The number of morpholine rings is 1. The summed E-state index contributed by atoms with van der Waals surface area (Å²) in [5, 5.41) is 0. The number of pyridine rings is 1. The number of aromatic nitrogens is 1. The number of benzene rings is 2. The molecule has 1 aromatic heterocycles. The first-order valence-corrected chi connectivity index (χ1v) is 9.86. The van der Waals surface area contributed by atoms with Gasteiger partial charge in [0.2, 0.25) is 0 Å². The Morgan fingerprint density at radius 3 is 2.41 bits per heavy atom. The van der Waals surface area contributed by atoms with Crippen LogP contribution in [0, 0.1) is 5.82 Å². The molecule has 0 radical (unpaired) electrons. The summed E-state index contributed by atoms with van der Waals surface area (Å²) < 4.78 is 24.3. The van der Waals surface area contributed by atoms with Crippen LogP contribution in [0.5, 0.6) is 5.75 Å². The molecule has 2 aromatic carbocycles. The van der Waals surface area contributed by atoms with Crippen molar-refractivity contribution in [3.63, 3.8) is 0 Å². The number of ether oxygens (including phenoxy) is 2. The van der Waals surface area contributed by atoms with E-state index in [9.17, 15) is 4.39 Å². The van der Waals surface area contributed by atoms with Crippen molar-refractivity contribution in [2.45, 2.75) is 19.1 Å². The molecule has 4 rings (SSSR count). The predicted octanol–water partition coefficient (Wildman–Crippen LogP) is 4.39. The van der Waals surface area contributed by atoms with Gasteiger partial charge in [-0.1, -0.05) is 30.3 Å². The highest BCUT2D eigenvalue weighted by atomic mass is 19.1. The smallest absolute Gasteiger partial charge is 0.123 e. The lowest BCUT2D eigenvalue weighted by Crippen LogP contribution is -2.38. The molecule has 5 heteroatoms. The van der Waals surface area contributed by atoms with E-state index in [-0.39, 0.29) is 11.9 Å². The van der Waals surface area contributed by atoms with Gasteiger partial charge in [-0.2, -0.15) is 0 Å². The summed E-state index contributed by atoms with van der Waals surface area (Å²) >= 11 is 0. The molecule has 1 fully saturated rings. The van der Waals surface area contributed by atoms with Crippen LogP contribution in [0.1, 0.15) is 28.5 Å². The summed E-state index contributed by atoms with van der Waals surface area (Å²) in [6, 6.07) is 19.0. The lowest BCUT2D eigenvalue weighted by molar-refractivity contribution is -0.0350. The third-order valence-corrected chi connectivity index (χ3v) is 5.21. The summed E-state index contributed by atoms with van der Waals surface area (Å²) in [4.78, 5) is 6.99. The molecule has 3 aromatic rings. The van der Waals surface area contributed by atoms with E-state index in [0.717, 1.165) is 48.6 Å². The summed E-state index contributed by atoms with van der Waals surface area (Å²) in [6.07, 6.45) is 2.72. The molecule has 0 unspecified atom stereocenters. The highest BCUT2D eigenvalue weighted by Crippen LogP contribution is 2.23. The van der Waals surface area contributed by atoms with Crippen molar-refractivity contribution in [1.29, 1.82) is 0 Å². The summed E-state index contributed by atoms with van der Waals surface area (Å²) in [5.41, 5.74) is 4.44. The fraction of sp³-hybridized carbons (Fsp3) is 0.292. The number of rotatable bonds is 6. The van der Waals surface area contributed by atoms with Gasteiger partial charge in [-0.15, -0.1) is 0 Å². The third-order valence-electron chi connectivity index (χ3n) is 5.21. The van der Waals surface area contributed by atoms with Gasteiger partial charge in [0.25, 0.3) is 0 Å². The molecule has 1 aliphatic heterocycles. The Kier molecular flexibility index (Phi) is 6.17. The van der Waals surface area contributed by atoms with E-state index in [1.807, 2.05) is 30.5 Å². The quantitative estimate of drug-likeness (QED) is 0.623. The normalized spacial score (nSPS) is 17.2. The molecule has 0 aliphatic carbocycles. The minimum absolute atomic E-state index is 0.0424. The number of methoxy groups -OCH3 is 1. The monoisotopic (exact) mass is 392 g/mol. The van der Waals surface area contributed by atoms with Gasteiger partial charge in [0.1, 0.15) is 17.7 Å². The zero-order chi connectivity index (χ0) is 20.1. The summed E-state index contributed by atoms with van der Waals surface area (Å²) in [5.74, 6) is 0.661. The number of hydrogen-bond donors (Lipinski definition) is 0. The van der Waals surface area contributed by atoms with Crippen molar-refractivity contribution in [2.24, 2.45) is 0 Å². The summed E-state index contributed by atoms with van der Waals surface area (Å²) in [7, 11) is 1.67. The Balaban J connectivity index is 1.36. The molecular formula is C24H25FN2O2. The van der Waals surface area contributed by atoms with Crippen LogP contribution in [0.2, 0.25) is 0 Å². The van der Waals surface area contributed by atoms with Crippen molar-refractivity contribution in [1.82, 2.24) is 9.88 Å². The molecule has 4 nitrogen and oxygen atoms in total. The molecule has 1 saturated heterocycles. The third kappa shape index (κ3) is 5.19. The van der Waals surface area contributed by atoms with Gasteiger partial charge in [0.15, 0.2) is 0 Å². The van der Waals surface area contributed by atoms with Gasteiger partial charge in [0, 0.05) is 25.8 Å². The van der Waals surface area contributed by atoms with Crippen molar-refractivity contribution in [2.75, 3.05) is 26.8 Å². The van der Waals surface area contributed by atoms with Crippen LogP contribution < -0.4 is 4.74 Å². The first-order valence-electron chi connectivity index (χ1n) is 9.86. The second-order valence-electron chi connectivity index (χ2n) is 7.34. The number of hydrogen-bond acceptors (Lipinski definition) is 4. The second kappa shape index (κ2) is 9.16. The largest absolute Gasteiger partial charge is 0.497 e. The Morgan fingerprint density at radius 1 is 1.00 bits per heavy atom. The van der Waals surface area contributed by atoms with Crippen LogP contribution in [0.3, 0.4) is 0 Å². The van der Waals surface area contributed by atoms with E-state index < -0.39 is 0 Å². The standard InChI is InChI=1S/C24H25FN2O2/c1-28-22-9-4-18(5-10-22)14-20-6-11-23(26-15-20)24-17-27(12-13-29-24)16-19-2-7-21(25)8-3-19/h2-11,15,24H,12-14,16-17H2,1H3/t24-/m0/s1. The molecule has 1 atom stereocenters. The van der Waals surface area contributed by atoms with Crippen LogP contribution in [-0.2, 0) is 17.7 Å². The van der Waals surface area contributed by atoms with Gasteiger partial charge >= 0.3 is 0 Å².